The minimum Gasteiger partial charge on any atom is -0.339 e. The van der Waals surface area contributed by atoms with Crippen molar-refractivity contribution >= 4 is 17.6 Å². The van der Waals surface area contributed by atoms with E-state index < -0.39 is 0 Å². The molecule has 1 aromatic carbocycles. The highest BCUT2D eigenvalue weighted by Gasteiger charge is 2.30. The molecule has 0 radical (unpaired) electrons. The molecule has 6 heteroatoms. The van der Waals surface area contributed by atoms with E-state index in [-0.39, 0.29) is 11.9 Å². The highest BCUT2D eigenvalue weighted by Crippen LogP contribution is 2.22. The van der Waals surface area contributed by atoms with Crippen LogP contribution in [0.25, 0.3) is 0 Å². The number of piperidine rings is 1. The van der Waals surface area contributed by atoms with Crippen LogP contribution in [0.4, 0.5) is 10.5 Å². The van der Waals surface area contributed by atoms with Crippen molar-refractivity contribution in [3.63, 3.8) is 0 Å². The lowest BCUT2D eigenvalue weighted by molar-refractivity contribution is 0.0724. The molecule has 0 spiro atoms. The number of nitrogens with zero attached hydrogens (tertiary/aromatic N) is 3. The molecule has 0 aromatic heterocycles. The second-order valence-electron chi connectivity index (χ2n) is 8.00. The largest absolute Gasteiger partial charge is 0.339 e. The molecule has 3 heterocycles. The van der Waals surface area contributed by atoms with Crippen molar-refractivity contribution in [1.82, 2.24) is 14.7 Å². The summed E-state index contributed by atoms with van der Waals surface area (Å²) >= 11 is 0. The third-order valence-electron chi connectivity index (χ3n) is 6.09. The van der Waals surface area contributed by atoms with E-state index in [0.29, 0.717) is 17.3 Å². The van der Waals surface area contributed by atoms with Crippen LogP contribution >= 0.6 is 0 Å². The fraction of sp³-hybridized carbons (Fsp3) is 0.619. The molecule has 1 aromatic rings. The SMILES string of the molecule is O=C(Nc1cccc(C(=O)N2CCCCC2)c1)N1CCCN2CCCC2C1. The predicted octanol–water partition coefficient (Wildman–Crippen LogP) is 3.01. The van der Waals surface area contributed by atoms with Crippen molar-refractivity contribution in [2.24, 2.45) is 0 Å². The molecule has 3 saturated heterocycles. The number of benzene rings is 1. The van der Waals surface area contributed by atoms with E-state index in [1.807, 2.05) is 34.1 Å². The second-order valence-corrected chi connectivity index (χ2v) is 8.00. The third-order valence-corrected chi connectivity index (χ3v) is 6.09. The van der Waals surface area contributed by atoms with Crippen LogP contribution in [0.2, 0.25) is 0 Å². The fourth-order valence-electron chi connectivity index (χ4n) is 4.60. The monoisotopic (exact) mass is 370 g/mol. The van der Waals surface area contributed by atoms with Gasteiger partial charge < -0.3 is 15.1 Å². The zero-order valence-electron chi connectivity index (χ0n) is 16.0. The number of likely N-dealkylation sites (tertiary alicyclic amines) is 1. The Labute approximate surface area is 161 Å². The summed E-state index contributed by atoms with van der Waals surface area (Å²) in [5.41, 5.74) is 1.36. The smallest absolute Gasteiger partial charge is 0.321 e. The maximum atomic E-state index is 12.8. The first kappa shape index (κ1) is 18.3. The Morgan fingerprint density at radius 3 is 2.52 bits per heavy atom. The number of fused-ring (bicyclic) bond motifs is 1. The minimum absolute atomic E-state index is 0.0497. The molecule has 3 aliphatic rings. The van der Waals surface area contributed by atoms with Crippen molar-refractivity contribution in [2.75, 3.05) is 44.6 Å². The molecule has 27 heavy (non-hydrogen) atoms. The molecule has 1 N–H and O–H groups in total. The van der Waals surface area contributed by atoms with Gasteiger partial charge in [0.2, 0.25) is 0 Å². The standard InChI is InChI=1S/C21H30N4O2/c26-20(24-10-2-1-3-11-24)17-7-4-8-18(15-17)22-21(27)25-14-6-13-23-12-5-9-19(23)16-25/h4,7-8,15,19H,1-3,5-6,9-14,16H2,(H,22,27). The molecule has 6 nitrogen and oxygen atoms in total. The average molecular weight is 370 g/mol. The zero-order valence-corrected chi connectivity index (χ0v) is 16.0. The molecule has 1 unspecified atom stereocenters. The van der Waals surface area contributed by atoms with Crippen molar-refractivity contribution in [3.8, 4) is 0 Å². The van der Waals surface area contributed by atoms with Gasteiger partial charge in [0.15, 0.2) is 0 Å². The van der Waals surface area contributed by atoms with Crippen LogP contribution in [0.1, 0.15) is 48.9 Å². The van der Waals surface area contributed by atoms with Gasteiger partial charge in [0.1, 0.15) is 0 Å². The van der Waals surface area contributed by atoms with Gasteiger partial charge >= 0.3 is 6.03 Å². The highest BCUT2D eigenvalue weighted by molar-refractivity contribution is 5.97. The van der Waals surface area contributed by atoms with Gasteiger partial charge in [0.05, 0.1) is 0 Å². The normalized spacial score (nSPS) is 23.6. The fourth-order valence-corrected chi connectivity index (χ4v) is 4.60. The molecule has 3 amide bonds. The Hall–Kier alpha value is -2.08. The van der Waals surface area contributed by atoms with Gasteiger partial charge in [-0.3, -0.25) is 9.69 Å². The second kappa shape index (κ2) is 8.30. The average Bonchev–Trinajstić information content (AvgIpc) is 3.04. The predicted molar refractivity (Wildman–Crippen MR) is 106 cm³/mol. The van der Waals surface area contributed by atoms with E-state index in [9.17, 15) is 9.59 Å². The van der Waals surface area contributed by atoms with Crippen molar-refractivity contribution in [1.29, 1.82) is 0 Å². The van der Waals surface area contributed by atoms with Gasteiger partial charge in [0, 0.05) is 50.0 Å². The Bertz CT molecular complexity index is 687. The molecular formula is C21H30N4O2. The summed E-state index contributed by atoms with van der Waals surface area (Å²) < 4.78 is 0. The van der Waals surface area contributed by atoms with E-state index in [2.05, 4.69) is 10.2 Å². The first-order valence-corrected chi connectivity index (χ1v) is 10.4. The Morgan fingerprint density at radius 1 is 0.889 bits per heavy atom. The van der Waals surface area contributed by atoms with Gasteiger partial charge in [-0.05, 0) is 63.3 Å². The van der Waals surface area contributed by atoms with Crippen LogP contribution < -0.4 is 5.32 Å². The van der Waals surface area contributed by atoms with Crippen LogP contribution in [0.5, 0.6) is 0 Å². The maximum Gasteiger partial charge on any atom is 0.321 e. The number of carbonyl (C=O) groups excluding carboxylic acids is 2. The highest BCUT2D eigenvalue weighted by atomic mass is 16.2. The summed E-state index contributed by atoms with van der Waals surface area (Å²) in [4.78, 5) is 31.9. The van der Waals surface area contributed by atoms with E-state index >= 15 is 0 Å². The molecule has 146 valence electrons. The molecule has 1 atom stereocenters. The number of hydrogen-bond acceptors (Lipinski definition) is 3. The van der Waals surface area contributed by atoms with Gasteiger partial charge in [-0.25, -0.2) is 4.79 Å². The lowest BCUT2D eigenvalue weighted by atomic mass is 10.1. The number of carbonyl (C=O) groups is 2. The summed E-state index contributed by atoms with van der Waals surface area (Å²) in [6.45, 7) is 5.53. The topological polar surface area (TPSA) is 55.9 Å². The van der Waals surface area contributed by atoms with Crippen LogP contribution in [-0.4, -0.2) is 71.9 Å². The van der Waals surface area contributed by atoms with Crippen LogP contribution in [-0.2, 0) is 0 Å². The van der Waals surface area contributed by atoms with Gasteiger partial charge in [-0.15, -0.1) is 0 Å². The molecular weight excluding hydrogens is 340 g/mol. The van der Waals surface area contributed by atoms with Gasteiger partial charge in [-0.1, -0.05) is 6.07 Å². The quantitative estimate of drug-likeness (QED) is 0.871. The number of nitrogens with one attached hydrogen (secondary N) is 1. The number of anilines is 1. The number of urea groups is 1. The van der Waals surface area contributed by atoms with Gasteiger partial charge in [-0.2, -0.15) is 0 Å². The van der Waals surface area contributed by atoms with Crippen molar-refractivity contribution < 1.29 is 9.59 Å². The van der Waals surface area contributed by atoms with Crippen LogP contribution in [0, 0.1) is 0 Å². The van der Waals surface area contributed by atoms with Crippen molar-refractivity contribution in [2.45, 2.75) is 44.6 Å². The minimum atomic E-state index is -0.0497. The summed E-state index contributed by atoms with van der Waals surface area (Å²) in [6, 6.07) is 7.83. The summed E-state index contributed by atoms with van der Waals surface area (Å²) in [5.74, 6) is 0.0715. The Morgan fingerprint density at radius 2 is 1.67 bits per heavy atom. The molecule has 0 bridgehead atoms. The lowest BCUT2D eigenvalue weighted by Crippen LogP contribution is -2.41. The molecule has 0 aliphatic carbocycles. The third kappa shape index (κ3) is 4.26. The molecule has 4 rings (SSSR count). The molecule has 3 aliphatic heterocycles. The first-order chi connectivity index (χ1) is 13.2. The number of amides is 3. The van der Waals surface area contributed by atoms with E-state index in [4.69, 9.17) is 0 Å². The molecule has 3 fully saturated rings. The summed E-state index contributed by atoms with van der Waals surface area (Å²) in [5, 5.41) is 3.02. The summed E-state index contributed by atoms with van der Waals surface area (Å²) in [7, 11) is 0. The Balaban J connectivity index is 1.40. The summed E-state index contributed by atoms with van der Waals surface area (Å²) in [6.07, 6.45) is 6.81. The van der Waals surface area contributed by atoms with Crippen molar-refractivity contribution in [3.05, 3.63) is 29.8 Å². The lowest BCUT2D eigenvalue weighted by Gasteiger charge is -2.27. The number of rotatable bonds is 2. The van der Waals surface area contributed by atoms with Gasteiger partial charge in [0.25, 0.3) is 5.91 Å². The Kier molecular flexibility index (Phi) is 5.62. The van der Waals surface area contributed by atoms with E-state index in [1.54, 1.807) is 0 Å². The van der Waals surface area contributed by atoms with E-state index in [1.165, 1.54) is 25.8 Å². The first-order valence-electron chi connectivity index (χ1n) is 10.4. The molecule has 0 saturated carbocycles. The number of hydrogen-bond donors (Lipinski definition) is 1. The zero-order chi connectivity index (χ0) is 18.6. The maximum absolute atomic E-state index is 12.8. The van der Waals surface area contributed by atoms with Crippen LogP contribution in [0.3, 0.4) is 0 Å². The van der Waals surface area contributed by atoms with E-state index in [0.717, 1.165) is 52.0 Å². The van der Waals surface area contributed by atoms with Crippen LogP contribution in [0.15, 0.2) is 24.3 Å².